The molecule has 14 nitrogen and oxygen atoms in total. The van der Waals surface area contributed by atoms with Crippen LogP contribution in [0.5, 0.6) is 5.88 Å². The Kier molecular flexibility index (Phi) is 12.4. The van der Waals surface area contributed by atoms with Gasteiger partial charge in [-0.25, -0.2) is 13.2 Å². The van der Waals surface area contributed by atoms with E-state index in [-0.39, 0.29) is 37.1 Å². The predicted molar refractivity (Wildman–Crippen MR) is 171 cm³/mol. The first-order chi connectivity index (χ1) is 21.9. The smallest absolute Gasteiger partial charge is 0.468 e. The van der Waals surface area contributed by atoms with Crippen LogP contribution in [0.4, 0.5) is 4.79 Å². The monoisotopic (exact) mass is 692 g/mol. The summed E-state index contributed by atoms with van der Waals surface area (Å²) < 4.78 is 44.2. The summed E-state index contributed by atoms with van der Waals surface area (Å²) in [6, 6.07) is 8.62. The van der Waals surface area contributed by atoms with Crippen LogP contribution < -0.4 is 10.1 Å². The number of hydrogen-bond acceptors (Lipinski definition) is 13. The molecule has 1 fully saturated rings. The maximum atomic E-state index is 14.1. The minimum Gasteiger partial charge on any atom is -0.468 e. The highest BCUT2D eigenvalue weighted by Crippen LogP contribution is 2.35. The van der Waals surface area contributed by atoms with Gasteiger partial charge in [0.25, 0.3) is 5.88 Å². The Balaban J connectivity index is 1.84. The normalized spacial score (nSPS) is 18.5. The summed E-state index contributed by atoms with van der Waals surface area (Å²) in [4.78, 5) is 52.7. The molecule has 0 aliphatic carbocycles. The molecule has 2 aromatic rings. The molecule has 1 aliphatic heterocycles. The van der Waals surface area contributed by atoms with Crippen molar-refractivity contribution in [2.45, 2.75) is 82.9 Å². The Morgan fingerprint density at radius 1 is 1.21 bits per heavy atom. The van der Waals surface area contributed by atoms with Gasteiger partial charge >= 0.3 is 6.16 Å². The second-order valence-electron chi connectivity index (χ2n) is 12.1. The number of aldehydes is 1. The zero-order valence-corrected chi connectivity index (χ0v) is 28.9. The van der Waals surface area contributed by atoms with Gasteiger partial charge in [-0.15, -0.1) is 0 Å². The number of nitrogens with one attached hydrogen (secondary N) is 1. The minimum absolute atomic E-state index is 0.0209. The van der Waals surface area contributed by atoms with Crippen molar-refractivity contribution in [2.24, 2.45) is 5.92 Å². The molecule has 2 heterocycles. The molecule has 16 heteroatoms. The molecule has 2 unspecified atom stereocenters. The molecule has 2 amide bonds. The van der Waals surface area contributed by atoms with Crippen LogP contribution in [0.15, 0.2) is 34.9 Å². The van der Waals surface area contributed by atoms with Gasteiger partial charge in [-0.2, -0.15) is 5.26 Å². The number of rotatable bonds is 14. The third kappa shape index (κ3) is 10.2. The molecule has 0 saturated carbocycles. The Morgan fingerprint density at radius 2 is 1.87 bits per heavy atom. The van der Waals surface area contributed by atoms with Gasteiger partial charge in [0.2, 0.25) is 11.8 Å². The highest BCUT2D eigenvalue weighted by atomic mass is 33.1. The molecule has 0 spiro atoms. The van der Waals surface area contributed by atoms with Crippen molar-refractivity contribution >= 4 is 43.9 Å². The van der Waals surface area contributed by atoms with Crippen molar-refractivity contribution in [2.75, 3.05) is 19.4 Å². The van der Waals surface area contributed by atoms with Gasteiger partial charge in [0, 0.05) is 18.7 Å². The largest absolute Gasteiger partial charge is 0.508 e. The first-order valence-corrected chi connectivity index (χ1v) is 18.1. The van der Waals surface area contributed by atoms with Crippen LogP contribution >= 0.6 is 10.8 Å². The standard InChI is InChI=1S/C31H40N4O10S2/c1-18(2)27(25-15-26(34-45-25)42-13-12-36)29(38)35-17-23(44-30(39)43-20(4)31(5,6)46-47(7,40)41)14-24(35)28(37)33-19(3)22-10-8-21(16-32)9-11-22/h8-12,15,18-20,23-24,27H,13-14,17H2,1-7H3,(H,33,37)/t19-,20?,23+,24-,27?/m0/s1. The fourth-order valence-corrected chi connectivity index (χ4v) is 8.75. The van der Waals surface area contributed by atoms with E-state index < -0.39 is 61.8 Å². The number of ether oxygens (including phenoxy) is 3. The third-order valence-electron chi connectivity index (χ3n) is 7.67. The summed E-state index contributed by atoms with van der Waals surface area (Å²) >= 11 is 0. The second-order valence-corrected chi connectivity index (χ2v) is 17.1. The maximum Gasteiger partial charge on any atom is 0.508 e. The summed E-state index contributed by atoms with van der Waals surface area (Å²) in [5, 5.41) is 15.8. The van der Waals surface area contributed by atoms with E-state index >= 15 is 0 Å². The number of carbonyl (C=O) groups is 4. The lowest BCUT2D eigenvalue weighted by Gasteiger charge is -2.29. The van der Waals surface area contributed by atoms with Crippen molar-refractivity contribution in [3.63, 3.8) is 0 Å². The van der Waals surface area contributed by atoms with Crippen LogP contribution in [0.1, 0.15) is 76.8 Å². The van der Waals surface area contributed by atoms with Gasteiger partial charge in [0.15, 0.2) is 20.9 Å². The van der Waals surface area contributed by atoms with Gasteiger partial charge in [-0.1, -0.05) is 26.0 Å². The molecule has 1 aliphatic rings. The summed E-state index contributed by atoms with van der Waals surface area (Å²) in [6.07, 6.45) is -1.31. The molecule has 0 bridgehead atoms. The molecular weight excluding hydrogens is 652 g/mol. The minimum atomic E-state index is -3.45. The van der Waals surface area contributed by atoms with Crippen molar-refractivity contribution < 1.29 is 46.3 Å². The zero-order valence-electron chi connectivity index (χ0n) is 27.3. The first-order valence-electron chi connectivity index (χ1n) is 14.9. The number of nitriles is 1. The predicted octanol–water partition coefficient (Wildman–Crippen LogP) is 3.72. The highest BCUT2D eigenvalue weighted by molar-refractivity contribution is 8.72. The lowest BCUT2D eigenvalue weighted by molar-refractivity contribution is -0.141. The molecular formula is C31H40N4O10S2. The fraction of sp³-hybridized carbons (Fsp3) is 0.548. The second kappa shape index (κ2) is 15.7. The average Bonchev–Trinajstić information content (AvgIpc) is 3.62. The van der Waals surface area contributed by atoms with Crippen LogP contribution in [-0.4, -0.2) is 85.1 Å². The Bertz CT molecular complexity index is 1580. The van der Waals surface area contributed by atoms with Gasteiger partial charge in [0.1, 0.15) is 30.8 Å². The molecule has 1 saturated heterocycles. The molecule has 1 aromatic heterocycles. The van der Waals surface area contributed by atoms with E-state index in [4.69, 9.17) is 24.0 Å². The quantitative estimate of drug-likeness (QED) is 0.171. The van der Waals surface area contributed by atoms with Gasteiger partial charge in [-0.05, 0) is 67.3 Å². The van der Waals surface area contributed by atoms with Crippen molar-refractivity contribution in [1.29, 1.82) is 5.26 Å². The van der Waals surface area contributed by atoms with Crippen molar-refractivity contribution in [3.05, 3.63) is 47.2 Å². The van der Waals surface area contributed by atoms with Gasteiger partial charge in [0.05, 0.1) is 29.0 Å². The van der Waals surface area contributed by atoms with E-state index in [9.17, 15) is 27.6 Å². The Labute approximate surface area is 277 Å². The third-order valence-corrected chi connectivity index (χ3v) is 10.9. The summed E-state index contributed by atoms with van der Waals surface area (Å²) in [5.74, 6) is -2.02. The van der Waals surface area contributed by atoms with E-state index in [0.717, 1.165) is 11.8 Å². The topological polar surface area (TPSA) is 195 Å². The van der Waals surface area contributed by atoms with Crippen LogP contribution in [0.3, 0.4) is 0 Å². The number of benzene rings is 1. The van der Waals surface area contributed by atoms with E-state index in [1.54, 1.807) is 65.8 Å². The zero-order chi connectivity index (χ0) is 35.1. The molecule has 256 valence electrons. The molecule has 0 radical (unpaired) electrons. The number of hydrogen-bond donors (Lipinski definition) is 1. The maximum absolute atomic E-state index is 14.1. The van der Waals surface area contributed by atoms with Gasteiger partial charge < -0.3 is 29.0 Å². The molecule has 3 rings (SSSR count). The molecule has 47 heavy (non-hydrogen) atoms. The SMILES string of the molecule is CC(C)C(C(=O)N1C[C@H](OC(=O)OC(C)C(C)(C)SS(C)(=O)=O)C[C@H]1C(=O)N[C@@H](C)c1ccc(C#N)cc1)c1cc(OCC=O)no1. The number of amides is 2. The van der Waals surface area contributed by atoms with E-state index in [1.807, 2.05) is 6.07 Å². The van der Waals surface area contributed by atoms with Crippen molar-refractivity contribution in [3.8, 4) is 11.9 Å². The van der Waals surface area contributed by atoms with Crippen LogP contribution in [0.25, 0.3) is 0 Å². The van der Waals surface area contributed by atoms with Crippen LogP contribution in [0, 0.1) is 17.2 Å². The molecule has 5 atom stereocenters. The van der Waals surface area contributed by atoms with E-state index in [2.05, 4.69) is 10.5 Å². The summed E-state index contributed by atoms with van der Waals surface area (Å²) in [7, 11) is -2.79. The Hall–Kier alpha value is -4.10. The molecule has 1 aromatic carbocycles. The Morgan fingerprint density at radius 3 is 2.45 bits per heavy atom. The lowest BCUT2D eigenvalue weighted by Crippen LogP contribution is -2.48. The van der Waals surface area contributed by atoms with E-state index in [0.29, 0.717) is 22.6 Å². The van der Waals surface area contributed by atoms with Crippen LogP contribution in [-0.2, 0) is 32.7 Å². The average molecular weight is 693 g/mol. The van der Waals surface area contributed by atoms with Crippen LogP contribution in [0.2, 0.25) is 0 Å². The fourth-order valence-electron chi connectivity index (χ4n) is 5.04. The lowest BCUT2D eigenvalue weighted by atomic mass is 9.91. The number of likely N-dealkylation sites (tertiary alicyclic amines) is 1. The van der Waals surface area contributed by atoms with E-state index in [1.165, 1.54) is 11.0 Å². The number of nitrogens with zero attached hydrogens (tertiary/aromatic N) is 3. The highest BCUT2D eigenvalue weighted by Gasteiger charge is 2.46. The van der Waals surface area contributed by atoms with Crippen molar-refractivity contribution in [1.82, 2.24) is 15.4 Å². The number of carbonyl (C=O) groups excluding carboxylic acids is 4. The summed E-state index contributed by atoms with van der Waals surface area (Å²) in [5.41, 5.74) is 1.20. The molecule has 1 N–H and O–H groups in total. The van der Waals surface area contributed by atoms with Gasteiger partial charge in [-0.3, -0.25) is 14.4 Å². The first kappa shape index (κ1) is 37.4. The summed E-state index contributed by atoms with van der Waals surface area (Å²) in [6.45, 7) is 9.73. The number of aromatic nitrogens is 1.